The van der Waals surface area contributed by atoms with E-state index < -0.39 is 17.4 Å². The molecule has 1 saturated heterocycles. The first-order chi connectivity index (χ1) is 10.1. The lowest BCUT2D eigenvalue weighted by Crippen LogP contribution is -2.56. The van der Waals surface area contributed by atoms with Crippen molar-refractivity contribution in [2.45, 2.75) is 25.3 Å². The topological polar surface area (TPSA) is 84.9 Å². The number of carboxylic acid groups (broad SMARTS) is 1. The minimum absolute atomic E-state index is 0.0143. The Morgan fingerprint density at radius 1 is 1.43 bits per heavy atom. The highest BCUT2D eigenvalue weighted by atomic mass is 16.5. The number of benzene rings is 1. The molecule has 1 heterocycles. The summed E-state index contributed by atoms with van der Waals surface area (Å²) in [6.45, 7) is 2.09. The lowest BCUT2D eigenvalue weighted by atomic mass is 9.99. The third-order valence-corrected chi connectivity index (χ3v) is 3.52. The zero-order valence-corrected chi connectivity index (χ0v) is 11.9. The van der Waals surface area contributed by atoms with E-state index in [1.807, 2.05) is 25.1 Å². The Morgan fingerprint density at radius 2 is 2.19 bits per heavy atom. The molecule has 1 atom stereocenters. The van der Waals surface area contributed by atoms with Gasteiger partial charge in [0.2, 0.25) is 0 Å². The van der Waals surface area contributed by atoms with Crippen LogP contribution in [-0.2, 0) is 20.7 Å². The van der Waals surface area contributed by atoms with Gasteiger partial charge in [0.15, 0.2) is 12.1 Å². The van der Waals surface area contributed by atoms with Gasteiger partial charge < -0.3 is 19.9 Å². The number of nitrogens with one attached hydrogen (secondary N) is 1. The van der Waals surface area contributed by atoms with Crippen molar-refractivity contribution in [1.82, 2.24) is 5.32 Å². The van der Waals surface area contributed by atoms with E-state index in [1.54, 1.807) is 6.07 Å². The van der Waals surface area contributed by atoms with Crippen molar-refractivity contribution in [2.24, 2.45) is 0 Å². The summed E-state index contributed by atoms with van der Waals surface area (Å²) in [5.41, 5.74) is -0.326. The summed E-state index contributed by atoms with van der Waals surface area (Å²) in [6, 6.07) is 7.45. The molecule has 1 aliphatic rings. The van der Waals surface area contributed by atoms with Crippen LogP contribution in [0.15, 0.2) is 24.3 Å². The molecule has 0 aromatic heterocycles. The van der Waals surface area contributed by atoms with Crippen LogP contribution in [-0.4, -0.2) is 42.3 Å². The van der Waals surface area contributed by atoms with Crippen molar-refractivity contribution in [3.8, 4) is 5.75 Å². The molecule has 0 bridgehead atoms. The molecule has 0 radical (unpaired) electrons. The van der Waals surface area contributed by atoms with E-state index in [1.165, 1.54) is 0 Å². The van der Waals surface area contributed by atoms with Gasteiger partial charge in [-0.05, 0) is 18.1 Å². The van der Waals surface area contributed by atoms with Gasteiger partial charge in [-0.3, -0.25) is 4.79 Å². The Kier molecular flexibility index (Phi) is 4.80. The Morgan fingerprint density at radius 3 is 2.81 bits per heavy atom. The first kappa shape index (κ1) is 15.3. The molecule has 1 aliphatic heterocycles. The molecule has 21 heavy (non-hydrogen) atoms. The third kappa shape index (κ3) is 3.52. The summed E-state index contributed by atoms with van der Waals surface area (Å²) in [5, 5.41) is 11.8. The Labute approximate surface area is 123 Å². The molecule has 2 N–H and O–H groups in total. The molecule has 1 aromatic rings. The summed E-state index contributed by atoms with van der Waals surface area (Å²) in [6.07, 6.45) is 1.06. The first-order valence-corrected chi connectivity index (χ1v) is 6.90. The predicted octanol–water partition coefficient (Wildman–Crippen LogP) is 0.988. The maximum absolute atomic E-state index is 11.9. The van der Waals surface area contributed by atoms with Crippen LogP contribution in [0.3, 0.4) is 0 Å². The van der Waals surface area contributed by atoms with E-state index in [0.29, 0.717) is 12.4 Å². The highest BCUT2D eigenvalue weighted by Crippen LogP contribution is 2.20. The molecule has 0 aliphatic carbocycles. The van der Waals surface area contributed by atoms with Crippen molar-refractivity contribution in [2.75, 3.05) is 19.8 Å². The van der Waals surface area contributed by atoms with Crippen LogP contribution in [0.1, 0.15) is 18.9 Å². The molecule has 0 spiro atoms. The lowest BCUT2D eigenvalue weighted by Gasteiger charge is -2.23. The Balaban J connectivity index is 1.94. The quantitative estimate of drug-likeness (QED) is 0.817. The Hall–Kier alpha value is -2.08. The number of carbonyl (C=O) groups is 2. The number of aliphatic carboxylic acids is 1. The molecule has 114 valence electrons. The van der Waals surface area contributed by atoms with Gasteiger partial charge in [0.05, 0.1) is 6.61 Å². The second-order valence-electron chi connectivity index (χ2n) is 4.99. The van der Waals surface area contributed by atoms with Gasteiger partial charge in [0, 0.05) is 13.0 Å². The van der Waals surface area contributed by atoms with Crippen molar-refractivity contribution < 1.29 is 24.2 Å². The largest absolute Gasteiger partial charge is 0.483 e. The number of carboxylic acids is 1. The van der Waals surface area contributed by atoms with Crippen molar-refractivity contribution >= 4 is 11.9 Å². The van der Waals surface area contributed by atoms with Crippen molar-refractivity contribution in [3.63, 3.8) is 0 Å². The molecule has 1 fully saturated rings. The van der Waals surface area contributed by atoms with Crippen LogP contribution in [0.2, 0.25) is 0 Å². The number of ether oxygens (including phenoxy) is 2. The van der Waals surface area contributed by atoms with Gasteiger partial charge in [0.25, 0.3) is 5.91 Å². The van der Waals surface area contributed by atoms with Crippen LogP contribution >= 0.6 is 0 Å². The lowest BCUT2D eigenvalue weighted by molar-refractivity contribution is -0.148. The zero-order valence-electron chi connectivity index (χ0n) is 11.9. The van der Waals surface area contributed by atoms with E-state index >= 15 is 0 Å². The van der Waals surface area contributed by atoms with E-state index in [-0.39, 0.29) is 19.6 Å². The molecule has 0 saturated carbocycles. The molecule has 1 unspecified atom stereocenters. The maximum Gasteiger partial charge on any atom is 0.331 e. The molecular weight excluding hydrogens is 274 g/mol. The molecule has 6 heteroatoms. The normalized spacial score (nSPS) is 21.0. The smallest absolute Gasteiger partial charge is 0.331 e. The molecule has 1 amide bonds. The summed E-state index contributed by atoms with van der Waals surface area (Å²) in [7, 11) is 0. The van der Waals surface area contributed by atoms with Crippen LogP contribution in [0.5, 0.6) is 5.75 Å². The van der Waals surface area contributed by atoms with Crippen LogP contribution in [0, 0.1) is 0 Å². The SMILES string of the molecule is CCc1ccccc1OCC(=O)NC1(C(=O)O)CCOC1. The number of hydrogen-bond acceptors (Lipinski definition) is 4. The van der Waals surface area contributed by atoms with Crippen LogP contribution in [0.25, 0.3) is 0 Å². The van der Waals surface area contributed by atoms with Gasteiger partial charge in [-0.25, -0.2) is 4.79 Å². The minimum Gasteiger partial charge on any atom is -0.483 e. The van der Waals surface area contributed by atoms with Crippen molar-refractivity contribution in [3.05, 3.63) is 29.8 Å². The second-order valence-corrected chi connectivity index (χ2v) is 4.99. The van der Waals surface area contributed by atoms with E-state index in [0.717, 1.165) is 12.0 Å². The first-order valence-electron chi connectivity index (χ1n) is 6.90. The molecular formula is C15H19NO5. The monoisotopic (exact) mass is 293 g/mol. The average Bonchev–Trinajstić information content (AvgIpc) is 2.95. The average molecular weight is 293 g/mol. The summed E-state index contributed by atoms with van der Waals surface area (Å²) < 4.78 is 10.6. The highest BCUT2D eigenvalue weighted by Gasteiger charge is 2.43. The molecule has 2 rings (SSSR count). The van der Waals surface area contributed by atoms with Gasteiger partial charge in [-0.15, -0.1) is 0 Å². The third-order valence-electron chi connectivity index (χ3n) is 3.52. The second kappa shape index (κ2) is 6.58. The molecule has 6 nitrogen and oxygen atoms in total. The Bertz CT molecular complexity index is 523. The number of carbonyl (C=O) groups excluding carboxylic acids is 1. The number of para-hydroxylation sites is 1. The van der Waals surface area contributed by atoms with Gasteiger partial charge in [0.1, 0.15) is 5.75 Å². The molecule has 1 aromatic carbocycles. The standard InChI is InChI=1S/C15H19NO5/c1-2-11-5-3-4-6-12(11)21-9-13(17)16-15(14(18)19)7-8-20-10-15/h3-6H,2,7-10H2,1H3,(H,16,17)(H,18,19). The van der Waals surface area contributed by atoms with Gasteiger partial charge >= 0.3 is 5.97 Å². The fraction of sp³-hybridized carbons (Fsp3) is 0.467. The van der Waals surface area contributed by atoms with Crippen molar-refractivity contribution in [1.29, 1.82) is 0 Å². The van der Waals surface area contributed by atoms with Crippen LogP contribution < -0.4 is 10.1 Å². The highest BCUT2D eigenvalue weighted by molar-refractivity contribution is 5.88. The minimum atomic E-state index is -1.33. The summed E-state index contributed by atoms with van der Waals surface area (Å²) in [5.74, 6) is -0.904. The number of rotatable bonds is 6. The maximum atomic E-state index is 11.9. The van der Waals surface area contributed by atoms with E-state index in [9.17, 15) is 14.7 Å². The predicted molar refractivity (Wildman–Crippen MR) is 75.3 cm³/mol. The van der Waals surface area contributed by atoms with Crippen LogP contribution in [0.4, 0.5) is 0 Å². The summed E-state index contributed by atoms with van der Waals surface area (Å²) in [4.78, 5) is 23.2. The fourth-order valence-corrected chi connectivity index (χ4v) is 2.27. The van der Waals surface area contributed by atoms with E-state index in [4.69, 9.17) is 9.47 Å². The fourth-order valence-electron chi connectivity index (χ4n) is 2.27. The zero-order chi connectivity index (χ0) is 15.3. The number of aryl methyl sites for hydroxylation is 1. The van der Waals surface area contributed by atoms with Gasteiger partial charge in [-0.1, -0.05) is 25.1 Å². The van der Waals surface area contributed by atoms with Gasteiger partial charge in [-0.2, -0.15) is 0 Å². The summed E-state index contributed by atoms with van der Waals surface area (Å²) >= 11 is 0. The van der Waals surface area contributed by atoms with E-state index in [2.05, 4.69) is 5.32 Å². The number of hydrogen-bond donors (Lipinski definition) is 2. The number of amides is 1.